The summed E-state index contributed by atoms with van der Waals surface area (Å²) in [6.07, 6.45) is 14.5. The maximum atomic E-state index is 11.6. The van der Waals surface area contributed by atoms with Crippen molar-refractivity contribution in [3.63, 3.8) is 0 Å². The summed E-state index contributed by atoms with van der Waals surface area (Å²) in [5.41, 5.74) is 1.88. The Kier molecular flexibility index (Phi) is 13.9. The first-order valence-electron chi connectivity index (χ1n) is 11.6. The van der Waals surface area contributed by atoms with Gasteiger partial charge in [-0.25, -0.2) is 0 Å². The van der Waals surface area contributed by atoms with Crippen molar-refractivity contribution in [1.82, 2.24) is 0 Å². The third kappa shape index (κ3) is 10.3. The number of hydrogen-bond donors (Lipinski definition) is 1. The molecule has 1 fully saturated rings. The van der Waals surface area contributed by atoms with Crippen molar-refractivity contribution in [2.45, 2.75) is 76.5 Å². The zero-order chi connectivity index (χ0) is 23.9. The van der Waals surface area contributed by atoms with E-state index in [9.17, 15) is 15.2 Å². The average molecular weight is 571 g/mol. The van der Waals surface area contributed by atoms with E-state index >= 15 is 0 Å². The van der Waals surface area contributed by atoms with Crippen molar-refractivity contribution in [2.75, 3.05) is 0 Å². The number of para-hydroxylation sites is 1. The molecule has 0 atom stereocenters. The van der Waals surface area contributed by atoms with E-state index in [0.717, 1.165) is 31.4 Å². The number of nitro groups is 1. The van der Waals surface area contributed by atoms with Gasteiger partial charge in [0.05, 0.1) is 10.6 Å². The fraction of sp³-hybridized carbons (Fsp3) is 0.480. The molecule has 8 heteroatoms. The topological polar surface area (TPSA) is 75.7 Å². The summed E-state index contributed by atoms with van der Waals surface area (Å²) >= 11 is -0.826. The zero-order valence-electron chi connectivity index (χ0n) is 18.9. The number of hydrogen-bond acceptors (Lipinski definition) is 4. The SMILES string of the molecule is O=[N+]([O-])c1cc(C=Nc2ccccc2)c(O)c(C2CCCCCCCCCCC2)c1.[Cl][Zr][Cl]. The molecule has 0 unspecified atom stereocenters. The van der Waals surface area contributed by atoms with Gasteiger partial charge in [-0.2, -0.15) is 0 Å². The summed E-state index contributed by atoms with van der Waals surface area (Å²) in [6.45, 7) is 0. The van der Waals surface area contributed by atoms with Crippen LogP contribution in [0.4, 0.5) is 11.4 Å². The molecule has 1 N–H and O–H groups in total. The number of nitrogens with zero attached hydrogens (tertiary/aromatic N) is 2. The second-order valence-electron chi connectivity index (χ2n) is 8.35. The number of halogens is 2. The van der Waals surface area contributed by atoms with Crippen molar-refractivity contribution < 1.29 is 30.9 Å². The Morgan fingerprint density at radius 2 is 1.45 bits per heavy atom. The predicted molar refractivity (Wildman–Crippen MR) is 134 cm³/mol. The van der Waals surface area contributed by atoms with Gasteiger partial charge in [-0.05, 0) is 30.9 Å². The van der Waals surface area contributed by atoms with Crippen LogP contribution in [0.5, 0.6) is 5.75 Å². The van der Waals surface area contributed by atoms with Crippen LogP contribution < -0.4 is 0 Å². The summed E-state index contributed by atoms with van der Waals surface area (Å²) in [7, 11) is 9.87. The van der Waals surface area contributed by atoms with Crippen LogP contribution in [0.15, 0.2) is 47.5 Å². The molecule has 2 aromatic rings. The van der Waals surface area contributed by atoms with Gasteiger partial charge in [0.15, 0.2) is 0 Å². The van der Waals surface area contributed by atoms with Gasteiger partial charge in [0.25, 0.3) is 5.69 Å². The molecule has 2 aromatic carbocycles. The Morgan fingerprint density at radius 1 is 0.939 bits per heavy atom. The number of phenols is 1. The van der Waals surface area contributed by atoms with E-state index in [0.29, 0.717) is 11.1 Å². The molecule has 1 aliphatic rings. The van der Waals surface area contributed by atoms with Gasteiger partial charge in [0.2, 0.25) is 0 Å². The second-order valence-corrected chi connectivity index (χ2v) is 12.1. The minimum atomic E-state index is -0.826. The summed E-state index contributed by atoms with van der Waals surface area (Å²) in [6, 6.07) is 12.4. The summed E-state index contributed by atoms with van der Waals surface area (Å²) in [5, 5.41) is 22.6. The van der Waals surface area contributed by atoms with Crippen molar-refractivity contribution >= 4 is 34.6 Å². The monoisotopic (exact) mass is 568 g/mol. The third-order valence-corrected chi connectivity index (χ3v) is 6.02. The molecule has 0 amide bonds. The Morgan fingerprint density at radius 3 is 1.97 bits per heavy atom. The molecule has 178 valence electrons. The number of benzene rings is 2. The summed E-state index contributed by atoms with van der Waals surface area (Å²) in [5.74, 6) is 0.283. The van der Waals surface area contributed by atoms with Crippen molar-refractivity contribution in [1.29, 1.82) is 0 Å². The van der Waals surface area contributed by atoms with E-state index in [1.807, 2.05) is 30.3 Å². The number of phenolic OH excluding ortho intramolecular Hbond substituents is 1. The molecule has 33 heavy (non-hydrogen) atoms. The molecule has 0 radical (unpaired) electrons. The van der Waals surface area contributed by atoms with Gasteiger partial charge >= 0.3 is 37.9 Å². The fourth-order valence-electron chi connectivity index (χ4n) is 4.31. The Hall–Kier alpha value is -1.23. The molecule has 1 saturated carbocycles. The molecule has 1 aliphatic carbocycles. The van der Waals surface area contributed by atoms with E-state index in [-0.39, 0.29) is 22.3 Å². The van der Waals surface area contributed by atoms with Crippen LogP contribution in [0.2, 0.25) is 0 Å². The van der Waals surface area contributed by atoms with Crippen LogP contribution in [0.25, 0.3) is 0 Å². The van der Waals surface area contributed by atoms with Crippen molar-refractivity contribution in [2.24, 2.45) is 4.99 Å². The van der Waals surface area contributed by atoms with E-state index in [1.54, 1.807) is 6.07 Å². The molecule has 0 aromatic heterocycles. The van der Waals surface area contributed by atoms with Gasteiger partial charge in [-0.3, -0.25) is 15.1 Å². The average Bonchev–Trinajstić information content (AvgIpc) is 2.80. The maximum absolute atomic E-state index is 11.6. The van der Waals surface area contributed by atoms with E-state index in [2.05, 4.69) is 4.99 Å². The molecule has 5 nitrogen and oxygen atoms in total. The van der Waals surface area contributed by atoms with Crippen LogP contribution in [0.3, 0.4) is 0 Å². The number of rotatable bonds is 4. The van der Waals surface area contributed by atoms with E-state index in [4.69, 9.17) is 17.0 Å². The van der Waals surface area contributed by atoms with E-state index < -0.39 is 20.8 Å². The molecular formula is C25H32Cl2N2O3Zr. The normalized spacial score (nSPS) is 16.2. The molecule has 0 saturated heterocycles. The van der Waals surface area contributed by atoms with Crippen molar-refractivity contribution in [3.05, 3.63) is 63.7 Å². The van der Waals surface area contributed by atoms with Gasteiger partial charge in [0, 0.05) is 29.5 Å². The third-order valence-electron chi connectivity index (χ3n) is 6.02. The quantitative estimate of drug-likeness (QED) is 0.227. The van der Waals surface area contributed by atoms with Crippen LogP contribution in [0.1, 0.15) is 87.7 Å². The van der Waals surface area contributed by atoms with Crippen LogP contribution in [-0.4, -0.2) is 16.2 Å². The zero-order valence-corrected chi connectivity index (χ0v) is 22.9. The van der Waals surface area contributed by atoms with Gasteiger partial charge < -0.3 is 5.11 Å². The van der Waals surface area contributed by atoms with Crippen LogP contribution >= 0.6 is 17.0 Å². The van der Waals surface area contributed by atoms with Gasteiger partial charge in [0.1, 0.15) is 5.75 Å². The van der Waals surface area contributed by atoms with Gasteiger partial charge in [-0.15, -0.1) is 0 Å². The minimum absolute atomic E-state index is 0.0171. The number of aliphatic imine (C=N–C) groups is 1. The second kappa shape index (κ2) is 16.4. The Bertz CT molecular complexity index is 869. The molecule has 0 aliphatic heterocycles. The van der Waals surface area contributed by atoms with Crippen LogP contribution in [0, 0.1) is 10.1 Å². The molecular weight excluding hydrogens is 538 g/mol. The standard InChI is InChI=1S/C25H32N2O3.2ClH.Zr/c28-25-21(19-26-22-15-11-8-12-16-22)17-23(27(29)30)18-24(25)20-13-9-6-4-2-1-3-5-7-10-14-20;;;/h8,11-12,15-20,28H,1-7,9-10,13-14H2;2*1H;/q;;;+2/p-2. The van der Waals surface area contributed by atoms with Gasteiger partial charge in [-0.1, -0.05) is 76.0 Å². The first-order chi connectivity index (χ1) is 16.1. The molecule has 0 heterocycles. The first kappa shape index (κ1) is 28.0. The molecule has 0 bridgehead atoms. The molecule has 3 rings (SSSR count). The number of nitro benzene ring substituents is 1. The fourth-order valence-corrected chi connectivity index (χ4v) is 4.31. The van der Waals surface area contributed by atoms with Crippen LogP contribution in [-0.2, 0) is 20.8 Å². The number of aromatic hydroxyl groups is 1. The number of non-ortho nitro benzene ring substituents is 1. The molecule has 0 spiro atoms. The van der Waals surface area contributed by atoms with E-state index in [1.165, 1.54) is 57.2 Å². The summed E-state index contributed by atoms with van der Waals surface area (Å²) in [4.78, 5) is 15.6. The Labute approximate surface area is 215 Å². The first-order valence-corrected chi connectivity index (χ1v) is 18.0. The van der Waals surface area contributed by atoms with Crippen molar-refractivity contribution in [3.8, 4) is 5.75 Å². The Balaban J connectivity index is 0.00000122. The summed E-state index contributed by atoms with van der Waals surface area (Å²) < 4.78 is 0. The predicted octanol–water partition coefficient (Wildman–Crippen LogP) is 8.82.